The molecule has 1 aromatic rings. The lowest BCUT2D eigenvalue weighted by molar-refractivity contribution is -0.393. The van der Waals surface area contributed by atoms with E-state index >= 15 is 0 Å². The highest BCUT2D eigenvalue weighted by Crippen LogP contribution is 2.36. The zero-order valence-electron chi connectivity index (χ0n) is 17.6. The van der Waals surface area contributed by atoms with E-state index in [-0.39, 0.29) is 18.0 Å². The Labute approximate surface area is 183 Å². The summed E-state index contributed by atoms with van der Waals surface area (Å²) in [4.78, 5) is 58.6. The second kappa shape index (κ2) is 10.5. The number of carboxylic acid groups (broad SMARTS) is 1. The molecule has 1 aliphatic heterocycles. The van der Waals surface area contributed by atoms with Crippen molar-refractivity contribution in [3.8, 4) is 0 Å². The SMILES string of the molecule is CC(C)CC(NC(=O)C1CCCN1c1ccc([N+](=O)[O-])cc1[N+](=O)[O-])C(=O)NCC(=O)O. The number of rotatable bonds is 10. The maximum Gasteiger partial charge on any atom is 0.322 e. The topological polar surface area (TPSA) is 185 Å². The Kier molecular flexibility index (Phi) is 8.04. The van der Waals surface area contributed by atoms with Crippen molar-refractivity contribution in [1.82, 2.24) is 10.6 Å². The number of carbonyl (C=O) groups is 3. The highest BCUT2D eigenvalue weighted by atomic mass is 16.6. The van der Waals surface area contributed by atoms with Gasteiger partial charge in [0.1, 0.15) is 24.3 Å². The summed E-state index contributed by atoms with van der Waals surface area (Å²) in [5.74, 6) is -2.38. The Balaban J connectivity index is 2.25. The summed E-state index contributed by atoms with van der Waals surface area (Å²) in [6.45, 7) is 3.40. The zero-order chi connectivity index (χ0) is 24.0. The molecule has 0 spiro atoms. The second-order valence-corrected chi connectivity index (χ2v) is 7.84. The van der Waals surface area contributed by atoms with E-state index in [1.54, 1.807) is 0 Å². The fourth-order valence-electron chi connectivity index (χ4n) is 3.60. The molecule has 1 heterocycles. The number of nitro groups is 2. The van der Waals surface area contributed by atoms with Crippen molar-refractivity contribution in [1.29, 1.82) is 0 Å². The highest BCUT2D eigenvalue weighted by Gasteiger charge is 2.37. The third-order valence-electron chi connectivity index (χ3n) is 4.99. The van der Waals surface area contributed by atoms with Crippen LogP contribution in [0.15, 0.2) is 18.2 Å². The summed E-state index contributed by atoms with van der Waals surface area (Å²) in [6, 6.07) is 1.43. The molecule has 1 aliphatic rings. The Morgan fingerprint density at radius 3 is 2.47 bits per heavy atom. The van der Waals surface area contributed by atoms with Gasteiger partial charge >= 0.3 is 5.97 Å². The van der Waals surface area contributed by atoms with Crippen LogP contribution in [0.4, 0.5) is 17.1 Å². The van der Waals surface area contributed by atoms with Crippen LogP contribution in [0.1, 0.15) is 33.1 Å². The summed E-state index contributed by atoms with van der Waals surface area (Å²) < 4.78 is 0. The number of carboxylic acids is 1. The number of carbonyl (C=O) groups excluding carboxylic acids is 2. The van der Waals surface area contributed by atoms with Gasteiger partial charge in [-0.1, -0.05) is 13.8 Å². The predicted molar refractivity (Wildman–Crippen MR) is 112 cm³/mol. The normalized spacial score (nSPS) is 16.5. The average Bonchev–Trinajstić information content (AvgIpc) is 3.20. The molecule has 2 rings (SSSR count). The summed E-state index contributed by atoms with van der Waals surface area (Å²) in [5.41, 5.74) is -0.849. The number of aliphatic carboxylic acids is 1. The maximum absolute atomic E-state index is 13.0. The molecule has 3 N–H and O–H groups in total. The Bertz CT molecular complexity index is 919. The molecule has 32 heavy (non-hydrogen) atoms. The van der Waals surface area contributed by atoms with Crippen LogP contribution < -0.4 is 15.5 Å². The van der Waals surface area contributed by atoms with Crippen LogP contribution in [0.5, 0.6) is 0 Å². The first-order chi connectivity index (χ1) is 15.0. The van der Waals surface area contributed by atoms with E-state index in [9.17, 15) is 34.6 Å². The van der Waals surface area contributed by atoms with E-state index in [1.165, 1.54) is 11.0 Å². The van der Waals surface area contributed by atoms with E-state index in [0.29, 0.717) is 19.4 Å². The molecule has 0 aliphatic carbocycles. The lowest BCUT2D eigenvalue weighted by Crippen LogP contribution is -2.53. The largest absolute Gasteiger partial charge is 0.480 e. The van der Waals surface area contributed by atoms with Crippen LogP contribution in [0.3, 0.4) is 0 Å². The van der Waals surface area contributed by atoms with Crippen molar-refractivity contribution in [3.05, 3.63) is 38.4 Å². The first-order valence-electron chi connectivity index (χ1n) is 10.0. The third kappa shape index (κ3) is 6.12. The van der Waals surface area contributed by atoms with Gasteiger partial charge in [0.2, 0.25) is 11.8 Å². The van der Waals surface area contributed by atoms with Crippen LogP contribution in [-0.2, 0) is 14.4 Å². The first-order valence-corrected chi connectivity index (χ1v) is 10.0. The minimum atomic E-state index is -1.22. The van der Waals surface area contributed by atoms with Gasteiger partial charge in [0.25, 0.3) is 11.4 Å². The van der Waals surface area contributed by atoms with Crippen molar-refractivity contribution in [2.24, 2.45) is 5.92 Å². The molecule has 0 radical (unpaired) electrons. The van der Waals surface area contributed by atoms with Gasteiger partial charge in [0, 0.05) is 12.6 Å². The molecule has 2 amide bonds. The lowest BCUT2D eigenvalue weighted by atomic mass is 10.0. The molecule has 174 valence electrons. The van der Waals surface area contributed by atoms with Gasteiger partial charge in [-0.2, -0.15) is 0 Å². The van der Waals surface area contributed by atoms with Crippen molar-refractivity contribution in [2.75, 3.05) is 18.0 Å². The maximum atomic E-state index is 13.0. The van der Waals surface area contributed by atoms with Gasteiger partial charge in [-0.3, -0.25) is 34.6 Å². The molecule has 13 nitrogen and oxygen atoms in total. The number of nitrogens with zero attached hydrogens (tertiary/aromatic N) is 3. The van der Waals surface area contributed by atoms with Crippen LogP contribution in [0, 0.1) is 26.1 Å². The minimum Gasteiger partial charge on any atom is -0.480 e. The number of anilines is 1. The van der Waals surface area contributed by atoms with Gasteiger partial charge in [0.05, 0.1) is 15.9 Å². The lowest BCUT2D eigenvalue weighted by Gasteiger charge is -2.28. The number of nitrogens with one attached hydrogen (secondary N) is 2. The number of hydrogen-bond donors (Lipinski definition) is 3. The van der Waals surface area contributed by atoms with Gasteiger partial charge in [-0.25, -0.2) is 0 Å². The van der Waals surface area contributed by atoms with Crippen LogP contribution in [-0.4, -0.2) is 57.9 Å². The number of amides is 2. The minimum absolute atomic E-state index is 0.0197. The fourth-order valence-corrected chi connectivity index (χ4v) is 3.60. The smallest absolute Gasteiger partial charge is 0.322 e. The molecule has 2 unspecified atom stereocenters. The number of hydrogen-bond acceptors (Lipinski definition) is 8. The summed E-state index contributed by atoms with van der Waals surface area (Å²) >= 11 is 0. The van der Waals surface area contributed by atoms with Gasteiger partial charge < -0.3 is 20.6 Å². The van der Waals surface area contributed by atoms with Crippen molar-refractivity contribution < 1.29 is 29.3 Å². The second-order valence-electron chi connectivity index (χ2n) is 7.84. The van der Waals surface area contributed by atoms with Crippen molar-refractivity contribution in [3.63, 3.8) is 0 Å². The molecule has 13 heteroatoms. The van der Waals surface area contributed by atoms with Gasteiger partial charge in [-0.15, -0.1) is 0 Å². The van der Waals surface area contributed by atoms with E-state index < -0.39 is 57.6 Å². The van der Waals surface area contributed by atoms with Gasteiger partial charge in [-0.05, 0) is 31.2 Å². The molecule has 0 saturated carbocycles. The van der Waals surface area contributed by atoms with E-state index in [2.05, 4.69) is 10.6 Å². The standard InChI is InChI=1S/C19H25N5O8/c1-11(2)8-13(18(27)20-10-17(25)26)21-19(28)15-4-3-7-22(15)14-6-5-12(23(29)30)9-16(14)24(31)32/h5-6,9,11,13,15H,3-4,7-8,10H2,1-2H3,(H,20,27)(H,21,28)(H,25,26). The van der Waals surface area contributed by atoms with Crippen LogP contribution in [0.25, 0.3) is 0 Å². The van der Waals surface area contributed by atoms with Crippen molar-refractivity contribution in [2.45, 2.75) is 45.2 Å². The Hall–Kier alpha value is -3.77. The average molecular weight is 451 g/mol. The highest BCUT2D eigenvalue weighted by molar-refractivity contribution is 5.93. The molecule has 0 aromatic heterocycles. The van der Waals surface area contributed by atoms with E-state index in [4.69, 9.17) is 5.11 Å². The molecular formula is C19H25N5O8. The van der Waals surface area contributed by atoms with Crippen molar-refractivity contribution >= 4 is 34.8 Å². The van der Waals surface area contributed by atoms with Gasteiger partial charge in [0.15, 0.2) is 0 Å². The summed E-state index contributed by atoms with van der Waals surface area (Å²) in [6.07, 6.45) is 1.18. The number of nitro benzene ring substituents is 2. The molecule has 1 aromatic carbocycles. The monoisotopic (exact) mass is 451 g/mol. The number of benzene rings is 1. The first kappa shape index (κ1) is 24.5. The summed E-state index contributed by atoms with van der Waals surface area (Å²) in [5, 5.41) is 36.1. The third-order valence-corrected chi connectivity index (χ3v) is 4.99. The molecule has 2 atom stereocenters. The Morgan fingerprint density at radius 2 is 1.91 bits per heavy atom. The molecule has 1 fully saturated rings. The Morgan fingerprint density at radius 1 is 1.22 bits per heavy atom. The molecular weight excluding hydrogens is 426 g/mol. The van der Waals surface area contributed by atoms with Crippen LogP contribution >= 0.6 is 0 Å². The molecule has 0 bridgehead atoms. The quantitative estimate of drug-likeness (QED) is 0.347. The zero-order valence-corrected chi connectivity index (χ0v) is 17.6. The van der Waals surface area contributed by atoms with Crippen LogP contribution in [0.2, 0.25) is 0 Å². The summed E-state index contributed by atoms with van der Waals surface area (Å²) in [7, 11) is 0. The predicted octanol–water partition coefficient (Wildman–Crippen LogP) is 1.20. The van der Waals surface area contributed by atoms with E-state index in [0.717, 1.165) is 12.1 Å². The fraction of sp³-hybridized carbons (Fsp3) is 0.526. The molecule has 1 saturated heterocycles. The number of non-ortho nitro benzene ring substituents is 1. The van der Waals surface area contributed by atoms with E-state index in [1.807, 2.05) is 13.8 Å².